The Hall–Kier alpha value is -1.08. The predicted octanol–water partition coefficient (Wildman–Crippen LogP) is 4.34. The molecule has 0 spiro atoms. The van der Waals surface area contributed by atoms with Crippen LogP contribution in [-0.4, -0.2) is 13.1 Å². The zero-order valence-corrected chi connectivity index (χ0v) is 12.8. The number of benzene rings is 1. The van der Waals surface area contributed by atoms with Crippen molar-refractivity contribution in [1.82, 2.24) is 5.32 Å². The Morgan fingerprint density at radius 2 is 1.68 bits per heavy atom. The van der Waals surface area contributed by atoms with Gasteiger partial charge < -0.3 is 5.32 Å². The number of piperidine rings is 1. The summed E-state index contributed by atoms with van der Waals surface area (Å²) in [6.45, 7) is 11.5. The van der Waals surface area contributed by atoms with E-state index < -0.39 is 0 Å². The lowest BCUT2D eigenvalue weighted by molar-refractivity contribution is 0.221. The van der Waals surface area contributed by atoms with Crippen LogP contribution in [0.2, 0.25) is 0 Å². The quantitative estimate of drug-likeness (QED) is 0.849. The highest BCUT2D eigenvalue weighted by molar-refractivity contribution is 5.58. The molecule has 0 atom stereocenters. The number of rotatable bonds is 3. The maximum atomic E-state index is 3.45. The Morgan fingerprint density at radius 3 is 2.26 bits per heavy atom. The molecule has 104 valence electrons. The van der Waals surface area contributed by atoms with Crippen LogP contribution in [0, 0.1) is 25.2 Å². The van der Waals surface area contributed by atoms with Gasteiger partial charge in [-0.2, -0.15) is 0 Å². The lowest BCUT2D eigenvalue weighted by Gasteiger charge is -2.35. The molecule has 2 rings (SSSR count). The number of nitrogens with one attached hydrogen (secondary N) is 1. The Kier molecular flexibility index (Phi) is 4.46. The average molecular weight is 257 g/mol. The SMILES string of the molecule is Cc1cccc(C)c1C=CC(C)(C)C1CCNCC1. The van der Waals surface area contributed by atoms with Gasteiger partial charge in [0, 0.05) is 0 Å². The maximum absolute atomic E-state index is 3.45. The summed E-state index contributed by atoms with van der Waals surface area (Å²) in [6, 6.07) is 6.54. The molecule has 0 saturated carbocycles. The van der Waals surface area contributed by atoms with Gasteiger partial charge >= 0.3 is 0 Å². The standard InChI is InChI=1S/C18H27N/c1-14-6-5-7-15(2)17(14)8-11-18(3,4)16-9-12-19-13-10-16/h5-8,11,16,19H,9-10,12-13H2,1-4H3. The largest absolute Gasteiger partial charge is 0.317 e. The molecule has 1 saturated heterocycles. The average Bonchev–Trinajstić information content (AvgIpc) is 2.39. The van der Waals surface area contributed by atoms with Gasteiger partial charge in [-0.15, -0.1) is 0 Å². The van der Waals surface area contributed by atoms with Crippen LogP contribution in [0.25, 0.3) is 6.08 Å². The van der Waals surface area contributed by atoms with Crippen molar-refractivity contribution in [3.05, 3.63) is 41.0 Å². The van der Waals surface area contributed by atoms with Crippen LogP contribution in [0.15, 0.2) is 24.3 Å². The van der Waals surface area contributed by atoms with Crippen LogP contribution in [0.5, 0.6) is 0 Å². The summed E-state index contributed by atoms with van der Waals surface area (Å²) in [6.07, 6.45) is 7.36. The van der Waals surface area contributed by atoms with E-state index in [0.717, 1.165) is 5.92 Å². The molecular formula is C18H27N. The fourth-order valence-corrected chi connectivity index (χ4v) is 3.09. The number of allylic oxidation sites excluding steroid dienone is 1. The molecule has 1 fully saturated rings. The van der Waals surface area contributed by atoms with E-state index in [4.69, 9.17) is 0 Å². The monoisotopic (exact) mass is 257 g/mol. The van der Waals surface area contributed by atoms with E-state index in [0.29, 0.717) is 0 Å². The van der Waals surface area contributed by atoms with Crippen LogP contribution >= 0.6 is 0 Å². The van der Waals surface area contributed by atoms with Crippen molar-refractivity contribution in [2.45, 2.75) is 40.5 Å². The van der Waals surface area contributed by atoms with Crippen molar-refractivity contribution in [3.8, 4) is 0 Å². The van der Waals surface area contributed by atoms with Crippen LogP contribution in [-0.2, 0) is 0 Å². The van der Waals surface area contributed by atoms with Crippen molar-refractivity contribution in [3.63, 3.8) is 0 Å². The lowest BCUT2D eigenvalue weighted by Crippen LogP contribution is -2.34. The van der Waals surface area contributed by atoms with Crippen molar-refractivity contribution in [1.29, 1.82) is 0 Å². The van der Waals surface area contributed by atoms with E-state index in [1.54, 1.807) is 0 Å². The lowest BCUT2D eigenvalue weighted by atomic mass is 9.73. The number of hydrogen-bond donors (Lipinski definition) is 1. The molecule has 1 heterocycles. The molecule has 0 aromatic heterocycles. The van der Waals surface area contributed by atoms with Crippen molar-refractivity contribution in [2.75, 3.05) is 13.1 Å². The first-order valence-electron chi connectivity index (χ1n) is 7.47. The van der Waals surface area contributed by atoms with Crippen molar-refractivity contribution < 1.29 is 0 Å². The topological polar surface area (TPSA) is 12.0 Å². The fourth-order valence-electron chi connectivity index (χ4n) is 3.09. The summed E-state index contributed by atoms with van der Waals surface area (Å²) in [5.41, 5.74) is 4.43. The van der Waals surface area contributed by atoms with Gasteiger partial charge in [-0.05, 0) is 67.8 Å². The summed E-state index contributed by atoms with van der Waals surface area (Å²) >= 11 is 0. The molecule has 0 radical (unpaired) electrons. The third kappa shape index (κ3) is 3.48. The van der Waals surface area contributed by atoms with Crippen molar-refractivity contribution >= 4 is 6.08 Å². The Labute approximate surface area is 118 Å². The smallest absolute Gasteiger partial charge is 0.00460 e. The van der Waals surface area contributed by atoms with Gasteiger partial charge in [-0.25, -0.2) is 0 Å². The minimum absolute atomic E-state index is 0.289. The molecule has 1 N–H and O–H groups in total. The summed E-state index contributed by atoms with van der Waals surface area (Å²) < 4.78 is 0. The third-order valence-corrected chi connectivity index (χ3v) is 4.61. The van der Waals surface area contributed by atoms with Gasteiger partial charge in [0.25, 0.3) is 0 Å². The minimum atomic E-state index is 0.289. The van der Waals surface area contributed by atoms with E-state index >= 15 is 0 Å². The summed E-state index contributed by atoms with van der Waals surface area (Å²) in [4.78, 5) is 0. The van der Waals surface area contributed by atoms with E-state index in [1.807, 2.05) is 0 Å². The Morgan fingerprint density at radius 1 is 1.11 bits per heavy atom. The second kappa shape index (κ2) is 5.92. The van der Waals surface area contributed by atoms with E-state index in [1.165, 1.54) is 42.6 Å². The molecule has 1 aliphatic rings. The first-order chi connectivity index (χ1) is 9.00. The van der Waals surface area contributed by atoms with Crippen molar-refractivity contribution in [2.24, 2.45) is 11.3 Å². The van der Waals surface area contributed by atoms with Crippen LogP contribution in [0.3, 0.4) is 0 Å². The zero-order valence-electron chi connectivity index (χ0n) is 12.8. The highest BCUT2D eigenvalue weighted by atomic mass is 14.9. The molecule has 0 aliphatic carbocycles. The molecule has 0 amide bonds. The summed E-state index contributed by atoms with van der Waals surface area (Å²) in [7, 11) is 0. The predicted molar refractivity (Wildman–Crippen MR) is 84.3 cm³/mol. The zero-order chi connectivity index (χ0) is 13.9. The molecule has 1 aromatic carbocycles. The molecule has 1 heteroatoms. The molecule has 0 unspecified atom stereocenters. The van der Waals surface area contributed by atoms with E-state index in [9.17, 15) is 0 Å². The first-order valence-corrected chi connectivity index (χ1v) is 7.47. The minimum Gasteiger partial charge on any atom is -0.317 e. The van der Waals surface area contributed by atoms with E-state index in [-0.39, 0.29) is 5.41 Å². The molecular weight excluding hydrogens is 230 g/mol. The van der Waals surface area contributed by atoms with Gasteiger partial charge in [-0.1, -0.05) is 44.2 Å². The van der Waals surface area contributed by atoms with Crippen LogP contribution < -0.4 is 5.32 Å². The molecule has 0 bridgehead atoms. The molecule has 19 heavy (non-hydrogen) atoms. The molecule has 1 nitrogen and oxygen atoms in total. The van der Waals surface area contributed by atoms with Gasteiger partial charge in [0.05, 0.1) is 0 Å². The third-order valence-electron chi connectivity index (χ3n) is 4.61. The first kappa shape index (κ1) is 14.3. The van der Waals surface area contributed by atoms with Crippen LogP contribution in [0.4, 0.5) is 0 Å². The highest BCUT2D eigenvalue weighted by Crippen LogP contribution is 2.35. The van der Waals surface area contributed by atoms with E-state index in [2.05, 4.69) is 63.4 Å². The Balaban J connectivity index is 2.16. The maximum Gasteiger partial charge on any atom is -0.00460 e. The highest BCUT2D eigenvalue weighted by Gasteiger charge is 2.27. The van der Waals surface area contributed by atoms with Gasteiger partial charge in [0.2, 0.25) is 0 Å². The Bertz CT molecular complexity index is 431. The van der Waals surface area contributed by atoms with Gasteiger partial charge in [-0.3, -0.25) is 0 Å². The molecule has 1 aliphatic heterocycles. The van der Waals surface area contributed by atoms with Gasteiger partial charge in [0.1, 0.15) is 0 Å². The van der Waals surface area contributed by atoms with Gasteiger partial charge in [0.15, 0.2) is 0 Å². The summed E-state index contributed by atoms with van der Waals surface area (Å²) in [5.74, 6) is 0.800. The summed E-state index contributed by atoms with van der Waals surface area (Å²) in [5, 5.41) is 3.45. The molecule has 1 aromatic rings. The normalized spacial score (nSPS) is 18.1. The number of aryl methyl sites for hydroxylation is 2. The van der Waals surface area contributed by atoms with Crippen LogP contribution in [0.1, 0.15) is 43.4 Å². The second-order valence-corrected chi connectivity index (χ2v) is 6.48. The fraction of sp³-hybridized carbons (Fsp3) is 0.556. The second-order valence-electron chi connectivity index (χ2n) is 6.48. The number of hydrogen-bond acceptors (Lipinski definition) is 1.